The number of ether oxygens (including phenoxy) is 3. The first-order chi connectivity index (χ1) is 13.3. The molecular formula is C22H27NO5. The van der Waals surface area contributed by atoms with Gasteiger partial charge >= 0.3 is 6.09 Å². The summed E-state index contributed by atoms with van der Waals surface area (Å²) in [4.78, 5) is 13.9. The van der Waals surface area contributed by atoms with Crippen LogP contribution in [0, 0.1) is 0 Å². The number of nitrogens with zero attached hydrogens (tertiary/aromatic N) is 1. The van der Waals surface area contributed by atoms with Crippen LogP contribution in [-0.2, 0) is 17.6 Å². The highest BCUT2D eigenvalue weighted by Crippen LogP contribution is 2.40. The van der Waals surface area contributed by atoms with E-state index in [1.54, 1.807) is 28.1 Å². The van der Waals surface area contributed by atoms with Crippen molar-refractivity contribution >= 4 is 6.09 Å². The molecule has 2 aromatic rings. The van der Waals surface area contributed by atoms with Crippen molar-refractivity contribution in [2.75, 3.05) is 20.8 Å². The van der Waals surface area contributed by atoms with Crippen LogP contribution in [0.5, 0.6) is 11.5 Å². The smallest absolute Gasteiger partial charge is 0.412 e. The number of methoxy groups -OCH3 is 2. The predicted octanol–water partition coefficient (Wildman–Crippen LogP) is 3.41. The lowest BCUT2D eigenvalue weighted by Gasteiger charge is -2.37. The maximum absolute atomic E-state index is 12.5. The summed E-state index contributed by atoms with van der Waals surface area (Å²) in [5.74, 6) is 1.28. The Balaban J connectivity index is 1.75. The van der Waals surface area contributed by atoms with E-state index < -0.39 is 17.4 Å². The van der Waals surface area contributed by atoms with Crippen molar-refractivity contribution in [3.63, 3.8) is 0 Å². The molecule has 0 aromatic heterocycles. The highest BCUT2D eigenvalue weighted by atomic mass is 16.6. The first-order valence-electron chi connectivity index (χ1n) is 9.28. The van der Waals surface area contributed by atoms with Gasteiger partial charge in [0.1, 0.15) is 0 Å². The molecule has 2 aromatic carbocycles. The van der Waals surface area contributed by atoms with Gasteiger partial charge in [0, 0.05) is 13.0 Å². The number of carbonyl (C=O) groups excluding carboxylic acids is 1. The monoisotopic (exact) mass is 385 g/mol. The molecule has 0 radical (unpaired) electrons. The normalized spacial score (nSPS) is 24.2. The third-order valence-electron chi connectivity index (χ3n) is 5.52. The standard InChI is InChI=1S/C22H27NO5/c1-21(15-17-8-6-5-7-9-17)22(2,25)23(20(24)28-21)13-12-16-10-11-18(26-3)19(14-16)27-4/h5-11,14,25H,12-13,15H2,1-4H3/t21-,22+/m0/s1. The van der Waals surface area contributed by atoms with Gasteiger partial charge in [-0.05, 0) is 43.5 Å². The van der Waals surface area contributed by atoms with Gasteiger partial charge in [-0.25, -0.2) is 4.79 Å². The Hall–Kier alpha value is -2.73. The van der Waals surface area contributed by atoms with Crippen molar-refractivity contribution < 1.29 is 24.1 Å². The summed E-state index contributed by atoms with van der Waals surface area (Å²) in [6, 6.07) is 15.3. The largest absolute Gasteiger partial charge is 0.493 e. The van der Waals surface area contributed by atoms with Crippen LogP contribution >= 0.6 is 0 Å². The number of rotatable bonds is 7. The van der Waals surface area contributed by atoms with E-state index in [1.165, 1.54) is 4.90 Å². The Bertz CT molecular complexity index is 836. The average Bonchev–Trinajstić information content (AvgIpc) is 2.84. The molecule has 6 nitrogen and oxygen atoms in total. The molecule has 1 N–H and O–H groups in total. The van der Waals surface area contributed by atoms with E-state index in [0.717, 1.165) is 11.1 Å². The van der Waals surface area contributed by atoms with E-state index in [4.69, 9.17) is 14.2 Å². The van der Waals surface area contributed by atoms with Crippen molar-refractivity contribution in [1.29, 1.82) is 0 Å². The van der Waals surface area contributed by atoms with Gasteiger partial charge in [-0.15, -0.1) is 0 Å². The zero-order valence-corrected chi connectivity index (χ0v) is 16.8. The van der Waals surface area contributed by atoms with Crippen molar-refractivity contribution in [3.05, 3.63) is 59.7 Å². The van der Waals surface area contributed by atoms with Gasteiger partial charge < -0.3 is 19.3 Å². The van der Waals surface area contributed by atoms with Crippen LogP contribution in [0.15, 0.2) is 48.5 Å². The van der Waals surface area contributed by atoms with Crippen LogP contribution in [-0.4, -0.2) is 48.2 Å². The molecule has 2 atom stereocenters. The second kappa shape index (κ2) is 7.72. The van der Waals surface area contributed by atoms with Crippen LogP contribution < -0.4 is 9.47 Å². The molecule has 1 saturated heterocycles. The highest BCUT2D eigenvalue weighted by Gasteiger charge is 2.58. The number of benzene rings is 2. The molecule has 0 saturated carbocycles. The topological polar surface area (TPSA) is 68.2 Å². The fourth-order valence-corrected chi connectivity index (χ4v) is 3.58. The minimum atomic E-state index is -1.43. The molecule has 0 unspecified atom stereocenters. The number of hydrogen-bond acceptors (Lipinski definition) is 5. The maximum atomic E-state index is 12.5. The maximum Gasteiger partial charge on any atom is 0.412 e. The van der Waals surface area contributed by atoms with Crippen molar-refractivity contribution in [1.82, 2.24) is 4.90 Å². The van der Waals surface area contributed by atoms with E-state index in [1.807, 2.05) is 48.5 Å². The summed E-state index contributed by atoms with van der Waals surface area (Å²) < 4.78 is 16.2. The minimum Gasteiger partial charge on any atom is -0.493 e. The van der Waals surface area contributed by atoms with Crippen LogP contribution in [0.1, 0.15) is 25.0 Å². The average molecular weight is 385 g/mol. The Kier molecular flexibility index (Phi) is 5.52. The zero-order chi connectivity index (χ0) is 20.4. The predicted molar refractivity (Wildman–Crippen MR) is 106 cm³/mol. The molecule has 1 aliphatic heterocycles. The summed E-state index contributed by atoms with van der Waals surface area (Å²) in [6.07, 6.45) is 0.468. The fourth-order valence-electron chi connectivity index (χ4n) is 3.58. The molecule has 1 heterocycles. The van der Waals surface area contributed by atoms with Gasteiger partial charge in [0.15, 0.2) is 22.8 Å². The minimum absolute atomic E-state index is 0.325. The molecule has 28 heavy (non-hydrogen) atoms. The second-order valence-electron chi connectivity index (χ2n) is 7.37. The SMILES string of the molecule is COc1ccc(CCN2C(=O)O[C@@](C)(Cc3ccccc3)[C@@]2(C)O)cc1OC. The van der Waals surface area contributed by atoms with Crippen molar-refractivity contribution in [2.24, 2.45) is 0 Å². The Morgan fingerprint density at radius 2 is 1.68 bits per heavy atom. The Labute approximate surface area is 165 Å². The first-order valence-corrected chi connectivity index (χ1v) is 9.28. The second-order valence-corrected chi connectivity index (χ2v) is 7.37. The lowest BCUT2D eigenvalue weighted by atomic mass is 9.86. The third-order valence-corrected chi connectivity index (χ3v) is 5.52. The van der Waals surface area contributed by atoms with E-state index in [2.05, 4.69) is 0 Å². The Morgan fingerprint density at radius 3 is 2.32 bits per heavy atom. The molecule has 1 aliphatic rings. The summed E-state index contributed by atoms with van der Waals surface area (Å²) in [5, 5.41) is 11.2. The van der Waals surface area contributed by atoms with Crippen LogP contribution in [0.2, 0.25) is 0 Å². The van der Waals surface area contributed by atoms with E-state index in [-0.39, 0.29) is 0 Å². The van der Waals surface area contributed by atoms with Crippen LogP contribution in [0.3, 0.4) is 0 Å². The number of aliphatic hydroxyl groups is 1. The van der Waals surface area contributed by atoms with Gasteiger partial charge in [0.25, 0.3) is 0 Å². The van der Waals surface area contributed by atoms with Gasteiger partial charge in [0.2, 0.25) is 0 Å². The molecule has 3 rings (SSSR count). The first kappa shape index (κ1) is 20.0. The molecule has 0 spiro atoms. The number of cyclic esters (lactones) is 1. The quantitative estimate of drug-likeness (QED) is 0.791. The number of carbonyl (C=O) groups is 1. The van der Waals surface area contributed by atoms with Gasteiger partial charge in [0.05, 0.1) is 14.2 Å². The van der Waals surface area contributed by atoms with Gasteiger partial charge in [-0.1, -0.05) is 36.4 Å². The van der Waals surface area contributed by atoms with Crippen LogP contribution in [0.4, 0.5) is 4.79 Å². The molecule has 0 aliphatic carbocycles. The summed E-state index contributed by atoms with van der Waals surface area (Å²) in [7, 11) is 3.17. The highest BCUT2D eigenvalue weighted by molar-refractivity contribution is 5.72. The van der Waals surface area contributed by atoms with Gasteiger partial charge in [-0.2, -0.15) is 0 Å². The van der Waals surface area contributed by atoms with Crippen molar-refractivity contribution in [3.8, 4) is 11.5 Å². The summed E-state index contributed by atoms with van der Waals surface area (Å²) in [5.41, 5.74) is -0.503. The summed E-state index contributed by atoms with van der Waals surface area (Å²) >= 11 is 0. The van der Waals surface area contributed by atoms with E-state index in [9.17, 15) is 9.90 Å². The van der Waals surface area contributed by atoms with Gasteiger partial charge in [-0.3, -0.25) is 4.90 Å². The van der Waals surface area contributed by atoms with Crippen LogP contribution in [0.25, 0.3) is 0 Å². The molecular weight excluding hydrogens is 358 g/mol. The number of amides is 1. The fraction of sp³-hybridized carbons (Fsp3) is 0.409. The number of hydrogen-bond donors (Lipinski definition) is 1. The van der Waals surface area contributed by atoms with E-state index in [0.29, 0.717) is 30.9 Å². The summed E-state index contributed by atoms with van der Waals surface area (Å²) in [6.45, 7) is 3.73. The Morgan fingerprint density at radius 1 is 1.00 bits per heavy atom. The lowest BCUT2D eigenvalue weighted by molar-refractivity contribution is -0.135. The lowest BCUT2D eigenvalue weighted by Crippen LogP contribution is -2.56. The third kappa shape index (κ3) is 3.64. The van der Waals surface area contributed by atoms with E-state index >= 15 is 0 Å². The molecule has 1 fully saturated rings. The molecule has 1 amide bonds. The van der Waals surface area contributed by atoms with Crippen molar-refractivity contribution in [2.45, 2.75) is 38.0 Å². The molecule has 150 valence electrons. The molecule has 0 bridgehead atoms. The molecule has 6 heteroatoms. The zero-order valence-electron chi connectivity index (χ0n) is 16.8.